The molecule has 0 spiro atoms. The highest BCUT2D eigenvalue weighted by atomic mass is 16.5. The number of nitrogens with one attached hydrogen (secondary N) is 2. The zero-order valence-corrected chi connectivity index (χ0v) is 15.9. The number of nitriles is 1. The zero-order valence-electron chi connectivity index (χ0n) is 15.9. The molecule has 0 aliphatic carbocycles. The topological polar surface area (TPSA) is 120 Å². The fraction of sp³-hybridized carbons (Fsp3) is 0.300. The van der Waals surface area contributed by atoms with Gasteiger partial charge in [-0.15, -0.1) is 0 Å². The van der Waals surface area contributed by atoms with Crippen LogP contribution in [0.2, 0.25) is 0 Å². The number of aromatic nitrogens is 1. The van der Waals surface area contributed by atoms with Crippen LogP contribution in [0.4, 0.5) is 0 Å². The maximum atomic E-state index is 13.0. The van der Waals surface area contributed by atoms with Crippen LogP contribution in [0.5, 0.6) is 11.5 Å². The average molecular weight is 379 g/mol. The Morgan fingerprint density at radius 1 is 1.39 bits per heavy atom. The Morgan fingerprint density at radius 3 is 2.82 bits per heavy atom. The summed E-state index contributed by atoms with van der Waals surface area (Å²) in [6, 6.07) is 6.45. The number of phenols is 1. The van der Waals surface area contributed by atoms with E-state index in [1.165, 1.54) is 25.4 Å². The molecule has 0 saturated carbocycles. The van der Waals surface area contributed by atoms with Gasteiger partial charge in [0.05, 0.1) is 24.3 Å². The number of aromatic hydroxyl groups is 1. The standard InChI is InChI=1S/C20H21N5O3/c1-20(2)10-23-19(24-11-20)25-18(27)17-14(26)5-4-12(8-21)16(17)13-9-22-7-6-15(13)28-3/h4-7,9,26H,10-11H2,1-3H3,(H2,23,24,25,27). The van der Waals surface area contributed by atoms with Gasteiger partial charge in [0.25, 0.3) is 5.91 Å². The molecule has 28 heavy (non-hydrogen) atoms. The number of ether oxygens (including phenoxy) is 1. The van der Waals surface area contributed by atoms with Crippen molar-refractivity contribution in [3.05, 3.63) is 41.7 Å². The molecule has 0 unspecified atom stereocenters. The van der Waals surface area contributed by atoms with Gasteiger partial charge in [-0.25, -0.2) is 0 Å². The first kappa shape index (κ1) is 19.2. The maximum absolute atomic E-state index is 13.0. The Kier molecular flexibility index (Phi) is 5.18. The van der Waals surface area contributed by atoms with E-state index in [-0.39, 0.29) is 27.9 Å². The van der Waals surface area contributed by atoms with Gasteiger partial charge in [-0.3, -0.25) is 20.1 Å². The first-order chi connectivity index (χ1) is 13.4. The van der Waals surface area contributed by atoms with Gasteiger partial charge in [-0.05, 0) is 18.2 Å². The number of rotatable bonds is 3. The fourth-order valence-corrected chi connectivity index (χ4v) is 2.92. The number of hydrogen-bond acceptors (Lipinski definition) is 7. The minimum atomic E-state index is -0.582. The lowest BCUT2D eigenvalue weighted by Gasteiger charge is -2.29. The highest BCUT2D eigenvalue weighted by Gasteiger charge is 2.27. The van der Waals surface area contributed by atoms with Crippen LogP contribution in [0.15, 0.2) is 35.6 Å². The Labute approximate surface area is 162 Å². The van der Waals surface area contributed by atoms with E-state index in [9.17, 15) is 15.2 Å². The van der Waals surface area contributed by atoms with Crippen LogP contribution in [0.1, 0.15) is 29.8 Å². The number of carbonyl (C=O) groups is 1. The lowest BCUT2D eigenvalue weighted by Crippen LogP contribution is -2.49. The molecule has 3 N–H and O–H groups in total. The monoisotopic (exact) mass is 379 g/mol. The summed E-state index contributed by atoms with van der Waals surface area (Å²) in [7, 11) is 1.48. The molecular weight excluding hydrogens is 358 g/mol. The largest absolute Gasteiger partial charge is 0.507 e. The summed E-state index contributed by atoms with van der Waals surface area (Å²) in [5, 5.41) is 25.7. The van der Waals surface area contributed by atoms with Crippen LogP contribution in [-0.2, 0) is 0 Å². The van der Waals surface area contributed by atoms with Gasteiger partial charge in [0, 0.05) is 42.0 Å². The molecule has 0 atom stereocenters. The van der Waals surface area contributed by atoms with Crippen molar-refractivity contribution in [3.8, 4) is 28.7 Å². The van der Waals surface area contributed by atoms with Crippen molar-refractivity contribution < 1.29 is 14.6 Å². The van der Waals surface area contributed by atoms with Gasteiger partial charge in [0.1, 0.15) is 11.5 Å². The van der Waals surface area contributed by atoms with Gasteiger partial charge >= 0.3 is 0 Å². The highest BCUT2D eigenvalue weighted by Crippen LogP contribution is 2.37. The van der Waals surface area contributed by atoms with Gasteiger partial charge in [-0.1, -0.05) is 13.8 Å². The van der Waals surface area contributed by atoms with Crippen molar-refractivity contribution in [1.29, 1.82) is 5.26 Å². The Balaban J connectivity index is 2.07. The van der Waals surface area contributed by atoms with Crippen LogP contribution in [0.25, 0.3) is 11.1 Å². The summed E-state index contributed by atoms with van der Waals surface area (Å²) < 4.78 is 5.35. The molecule has 0 bridgehead atoms. The third-order valence-corrected chi connectivity index (χ3v) is 4.43. The van der Waals surface area contributed by atoms with E-state index in [0.717, 1.165) is 0 Å². The van der Waals surface area contributed by atoms with Gasteiger partial charge in [-0.2, -0.15) is 5.26 Å². The van der Waals surface area contributed by atoms with Crippen LogP contribution in [0, 0.1) is 16.7 Å². The molecule has 1 aromatic carbocycles. The number of carbonyl (C=O) groups excluding carboxylic acids is 1. The summed E-state index contributed by atoms with van der Waals surface area (Å²) in [5.74, 6) is -0.0770. The van der Waals surface area contributed by atoms with E-state index in [1.54, 1.807) is 12.3 Å². The van der Waals surface area contributed by atoms with E-state index in [2.05, 4.69) is 40.5 Å². The van der Waals surface area contributed by atoms with Crippen molar-refractivity contribution in [2.24, 2.45) is 10.4 Å². The summed E-state index contributed by atoms with van der Waals surface area (Å²) in [4.78, 5) is 21.4. The summed E-state index contributed by atoms with van der Waals surface area (Å²) in [6.45, 7) is 5.34. The number of aliphatic imine (C=N–C) groups is 1. The Hall–Kier alpha value is -3.60. The molecule has 0 fully saturated rings. The number of pyridine rings is 1. The first-order valence-electron chi connectivity index (χ1n) is 8.70. The molecule has 3 rings (SSSR count). The first-order valence-corrected chi connectivity index (χ1v) is 8.70. The molecule has 8 heteroatoms. The molecule has 1 aromatic heterocycles. The Morgan fingerprint density at radius 2 is 2.18 bits per heavy atom. The van der Waals surface area contributed by atoms with Gasteiger partial charge in [0.2, 0.25) is 0 Å². The average Bonchev–Trinajstić information content (AvgIpc) is 2.69. The number of amides is 1. The molecule has 1 aliphatic rings. The second-order valence-electron chi connectivity index (χ2n) is 7.21. The van der Waals surface area contributed by atoms with Crippen molar-refractivity contribution in [2.75, 3.05) is 20.2 Å². The summed E-state index contributed by atoms with van der Waals surface area (Å²) >= 11 is 0. The van der Waals surface area contributed by atoms with Crippen LogP contribution >= 0.6 is 0 Å². The summed E-state index contributed by atoms with van der Waals surface area (Å²) in [6.07, 6.45) is 3.03. The normalized spacial score (nSPS) is 15.0. The third kappa shape index (κ3) is 3.74. The molecule has 1 amide bonds. The maximum Gasteiger partial charge on any atom is 0.262 e. The SMILES string of the molecule is COc1ccncc1-c1c(C#N)ccc(O)c1C(=O)NC1=NCC(C)(C)CN1. The third-order valence-electron chi connectivity index (χ3n) is 4.43. The van der Waals surface area contributed by atoms with Crippen molar-refractivity contribution in [2.45, 2.75) is 13.8 Å². The van der Waals surface area contributed by atoms with E-state index in [4.69, 9.17) is 4.74 Å². The lowest BCUT2D eigenvalue weighted by molar-refractivity contribution is 0.0972. The molecule has 8 nitrogen and oxygen atoms in total. The number of methoxy groups -OCH3 is 1. The van der Waals surface area contributed by atoms with E-state index < -0.39 is 5.91 Å². The molecule has 2 heterocycles. The Bertz CT molecular complexity index is 992. The molecule has 0 radical (unpaired) electrons. The summed E-state index contributed by atoms with van der Waals surface area (Å²) in [5.41, 5.74) is 0.850. The quantitative estimate of drug-likeness (QED) is 0.751. The second kappa shape index (κ2) is 7.56. The lowest BCUT2D eigenvalue weighted by atomic mass is 9.92. The molecule has 1 aliphatic heterocycles. The van der Waals surface area contributed by atoms with Crippen LogP contribution in [0.3, 0.4) is 0 Å². The number of nitrogens with zero attached hydrogens (tertiary/aromatic N) is 3. The predicted molar refractivity (Wildman–Crippen MR) is 104 cm³/mol. The van der Waals surface area contributed by atoms with E-state index in [0.29, 0.717) is 30.4 Å². The second-order valence-corrected chi connectivity index (χ2v) is 7.21. The van der Waals surface area contributed by atoms with E-state index in [1.807, 2.05) is 0 Å². The molecule has 0 saturated heterocycles. The van der Waals surface area contributed by atoms with Crippen molar-refractivity contribution >= 4 is 11.9 Å². The number of benzene rings is 1. The van der Waals surface area contributed by atoms with Gasteiger partial charge in [0.15, 0.2) is 5.96 Å². The molecule has 144 valence electrons. The predicted octanol–water partition coefficient (Wildman–Crippen LogP) is 2.05. The molecular formula is C20H21N5O3. The fourth-order valence-electron chi connectivity index (χ4n) is 2.92. The number of hydrogen-bond donors (Lipinski definition) is 3. The smallest absolute Gasteiger partial charge is 0.262 e. The van der Waals surface area contributed by atoms with E-state index >= 15 is 0 Å². The van der Waals surface area contributed by atoms with Crippen LogP contribution in [-0.4, -0.2) is 42.2 Å². The highest BCUT2D eigenvalue weighted by molar-refractivity contribution is 6.11. The molecule has 2 aromatic rings. The minimum Gasteiger partial charge on any atom is -0.507 e. The van der Waals surface area contributed by atoms with Crippen molar-refractivity contribution in [1.82, 2.24) is 15.6 Å². The van der Waals surface area contributed by atoms with Crippen LogP contribution < -0.4 is 15.4 Å². The zero-order chi connectivity index (χ0) is 20.3. The minimum absolute atomic E-state index is 0.00861. The number of guanidine groups is 1. The number of phenolic OH excluding ortho intramolecular Hbond substituents is 1. The van der Waals surface area contributed by atoms with Gasteiger partial charge < -0.3 is 15.2 Å². The van der Waals surface area contributed by atoms with Crippen molar-refractivity contribution in [3.63, 3.8) is 0 Å².